The number of carbonyl (C=O) groups excluding carboxylic acids is 1. The molecule has 0 unspecified atom stereocenters. The Labute approximate surface area is 127 Å². The minimum absolute atomic E-state index is 0.299. The van der Waals surface area contributed by atoms with Gasteiger partial charge in [0.2, 0.25) is 0 Å². The van der Waals surface area contributed by atoms with Gasteiger partial charge in [-0.1, -0.05) is 17.7 Å². The molecule has 6 nitrogen and oxygen atoms in total. The summed E-state index contributed by atoms with van der Waals surface area (Å²) in [5.74, 6) is 0.866. The summed E-state index contributed by atoms with van der Waals surface area (Å²) in [5.41, 5.74) is 1.81. The maximum atomic E-state index is 11.2. The highest BCUT2D eigenvalue weighted by atomic mass is 35.5. The smallest absolute Gasteiger partial charge is 0.412 e. The van der Waals surface area contributed by atoms with Crippen molar-refractivity contribution in [3.63, 3.8) is 0 Å². The lowest BCUT2D eigenvalue weighted by Gasteiger charge is -2.07. The Balaban J connectivity index is 2.01. The molecular weight excluding hydrogens is 292 g/mol. The van der Waals surface area contributed by atoms with Crippen molar-refractivity contribution < 1.29 is 9.53 Å². The minimum Gasteiger partial charge on any atom is -0.450 e. The predicted octanol–water partition coefficient (Wildman–Crippen LogP) is 3.75. The third kappa shape index (κ3) is 4.32. The highest BCUT2D eigenvalue weighted by Gasteiger charge is 2.04. The van der Waals surface area contributed by atoms with E-state index in [1.165, 1.54) is 0 Å². The van der Waals surface area contributed by atoms with E-state index in [0.29, 0.717) is 23.3 Å². The van der Waals surface area contributed by atoms with Gasteiger partial charge in [-0.05, 0) is 43.7 Å². The van der Waals surface area contributed by atoms with Crippen LogP contribution in [0.15, 0.2) is 30.3 Å². The minimum atomic E-state index is -0.558. The third-order valence-electron chi connectivity index (χ3n) is 2.61. The molecule has 0 radical (unpaired) electrons. The number of hydrogen-bond donors (Lipinski definition) is 2. The highest BCUT2D eigenvalue weighted by Crippen LogP contribution is 2.22. The second-order valence-corrected chi connectivity index (χ2v) is 4.65. The van der Waals surface area contributed by atoms with Crippen LogP contribution in [0.25, 0.3) is 0 Å². The number of amides is 1. The molecule has 2 N–H and O–H groups in total. The fraction of sp³-hybridized carbons (Fsp3) is 0.214. The molecule has 0 aliphatic rings. The van der Waals surface area contributed by atoms with Crippen molar-refractivity contribution in [1.82, 2.24) is 10.2 Å². The standard InChI is InChI=1S/C14H15ClN4O2/c1-3-21-14(20)17-13-7-6-12(18-19-13)16-10-5-4-9(2)11(15)8-10/h4-8H,3H2,1-2H3,(H,16,18)(H,17,19,20). The highest BCUT2D eigenvalue weighted by molar-refractivity contribution is 6.31. The molecule has 0 aliphatic carbocycles. The lowest BCUT2D eigenvalue weighted by Crippen LogP contribution is -2.14. The van der Waals surface area contributed by atoms with Gasteiger partial charge < -0.3 is 10.1 Å². The van der Waals surface area contributed by atoms with E-state index in [4.69, 9.17) is 16.3 Å². The second kappa shape index (κ2) is 6.90. The molecule has 1 amide bonds. The molecule has 21 heavy (non-hydrogen) atoms. The fourth-order valence-electron chi connectivity index (χ4n) is 1.56. The van der Waals surface area contributed by atoms with Gasteiger partial charge in [-0.2, -0.15) is 0 Å². The molecule has 0 aliphatic heterocycles. The van der Waals surface area contributed by atoms with Crippen LogP contribution in [0, 0.1) is 6.92 Å². The average Bonchev–Trinajstić information content (AvgIpc) is 2.45. The van der Waals surface area contributed by atoms with Gasteiger partial charge in [0.25, 0.3) is 0 Å². The Bertz CT molecular complexity index is 631. The van der Waals surface area contributed by atoms with Gasteiger partial charge in [-0.25, -0.2) is 4.79 Å². The third-order valence-corrected chi connectivity index (χ3v) is 3.02. The first-order chi connectivity index (χ1) is 10.1. The van der Waals surface area contributed by atoms with Crippen molar-refractivity contribution in [2.24, 2.45) is 0 Å². The van der Waals surface area contributed by atoms with Crippen LogP contribution in [-0.2, 0) is 4.74 Å². The predicted molar refractivity (Wildman–Crippen MR) is 82.1 cm³/mol. The molecule has 110 valence electrons. The first-order valence-corrected chi connectivity index (χ1v) is 6.77. The van der Waals surface area contributed by atoms with E-state index in [1.807, 2.05) is 25.1 Å². The summed E-state index contributed by atoms with van der Waals surface area (Å²) in [4.78, 5) is 11.2. The molecular formula is C14H15ClN4O2. The topological polar surface area (TPSA) is 76.1 Å². The molecule has 0 atom stereocenters. The largest absolute Gasteiger partial charge is 0.450 e. The van der Waals surface area contributed by atoms with E-state index in [9.17, 15) is 4.79 Å². The van der Waals surface area contributed by atoms with Gasteiger partial charge in [0.15, 0.2) is 11.6 Å². The number of halogens is 1. The number of aryl methyl sites for hydroxylation is 1. The van der Waals surface area contributed by atoms with Crippen LogP contribution in [0.1, 0.15) is 12.5 Å². The Morgan fingerprint density at radius 2 is 1.95 bits per heavy atom. The molecule has 1 aromatic carbocycles. The van der Waals surface area contributed by atoms with Crippen molar-refractivity contribution in [3.8, 4) is 0 Å². The number of carbonyl (C=O) groups is 1. The zero-order chi connectivity index (χ0) is 15.2. The van der Waals surface area contributed by atoms with Crippen molar-refractivity contribution in [1.29, 1.82) is 0 Å². The van der Waals surface area contributed by atoms with Crippen molar-refractivity contribution in [2.75, 3.05) is 17.2 Å². The molecule has 1 aromatic heterocycles. The summed E-state index contributed by atoms with van der Waals surface area (Å²) in [6.45, 7) is 3.96. The maximum absolute atomic E-state index is 11.2. The van der Waals surface area contributed by atoms with E-state index in [1.54, 1.807) is 19.1 Å². The number of nitrogens with zero attached hydrogens (tertiary/aromatic N) is 2. The summed E-state index contributed by atoms with van der Waals surface area (Å²) in [6.07, 6.45) is -0.558. The Hall–Kier alpha value is -2.34. The van der Waals surface area contributed by atoms with Crippen LogP contribution >= 0.6 is 11.6 Å². The maximum Gasteiger partial charge on any atom is 0.412 e. The van der Waals surface area contributed by atoms with Gasteiger partial charge in [-0.3, -0.25) is 5.32 Å². The summed E-state index contributed by atoms with van der Waals surface area (Å²) in [6, 6.07) is 8.94. The number of hydrogen-bond acceptors (Lipinski definition) is 5. The molecule has 0 spiro atoms. The van der Waals surface area contributed by atoms with Crippen molar-refractivity contribution >= 4 is 35.0 Å². The zero-order valence-electron chi connectivity index (χ0n) is 11.7. The average molecular weight is 307 g/mol. The molecule has 1 heterocycles. The number of rotatable bonds is 4. The molecule has 7 heteroatoms. The number of benzene rings is 1. The van der Waals surface area contributed by atoms with Gasteiger partial charge in [0.05, 0.1) is 6.61 Å². The van der Waals surface area contributed by atoms with Crippen LogP contribution < -0.4 is 10.6 Å². The zero-order valence-corrected chi connectivity index (χ0v) is 12.4. The van der Waals surface area contributed by atoms with Gasteiger partial charge in [-0.15, -0.1) is 10.2 Å². The van der Waals surface area contributed by atoms with Crippen LogP contribution in [0.3, 0.4) is 0 Å². The van der Waals surface area contributed by atoms with E-state index < -0.39 is 6.09 Å². The van der Waals surface area contributed by atoms with Crippen LogP contribution in [0.2, 0.25) is 5.02 Å². The molecule has 0 saturated heterocycles. The van der Waals surface area contributed by atoms with E-state index in [-0.39, 0.29) is 0 Å². The van der Waals surface area contributed by atoms with Crippen molar-refractivity contribution in [2.45, 2.75) is 13.8 Å². The lowest BCUT2D eigenvalue weighted by molar-refractivity contribution is 0.168. The Morgan fingerprint density at radius 3 is 2.57 bits per heavy atom. The molecule has 0 bridgehead atoms. The number of aromatic nitrogens is 2. The van der Waals surface area contributed by atoms with Crippen LogP contribution in [-0.4, -0.2) is 22.9 Å². The van der Waals surface area contributed by atoms with Crippen LogP contribution in [0.5, 0.6) is 0 Å². The van der Waals surface area contributed by atoms with Gasteiger partial charge >= 0.3 is 6.09 Å². The first-order valence-electron chi connectivity index (χ1n) is 6.39. The molecule has 0 fully saturated rings. The molecule has 0 saturated carbocycles. The monoisotopic (exact) mass is 306 g/mol. The summed E-state index contributed by atoms with van der Waals surface area (Å²) >= 11 is 6.05. The summed E-state index contributed by atoms with van der Waals surface area (Å²) in [7, 11) is 0. The first kappa shape index (κ1) is 15.1. The number of nitrogens with one attached hydrogen (secondary N) is 2. The molecule has 2 rings (SSSR count). The Morgan fingerprint density at radius 1 is 1.24 bits per heavy atom. The number of ether oxygens (including phenoxy) is 1. The van der Waals surface area contributed by atoms with Crippen LogP contribution in [0.4, 0.5) is 22.1 Å². The molecule has 2 aromatic rings. The summed E-state index contributed by atoms with van der Waals surface area (Å²) < 4.78 is 4.75. The summed E-state index contributed by atoms with van der Waals surface area (Å²) in [5, 5.41) is 14.1. The van der Waals surface area contributed by atoms with Gasteiger partial charge in [0.1, 0.15) is 0 Å². The normalized spacial score (nSPS) is 10.0. The quantitative estimate of drug-likeness (QED) is 0.899. The van der Waals surface area contributed by atoms with Gasteiger partial charge in [0, 0.05) is 10.7 Å². The van der Waals surface area contributed by atoms with E-state index in [0.717, 1.165) is 11.3 Å². The number of anilines is 3. The fourth-order valence-corrected chi connectivity index (χ4v) is 1.74. The lowest BCUT2D eigenvalue weighted by atomic mass is 10.2. The van der Waals surface area contributed by atoms with Crippen molar-refractivity contribution in [3.05, 3.63) is 40.9 Å². The van der Waals surface area contributed by atoms with E-state index in [2.05, 4.69) is 20.8 Å². The SMILES string of the molecule is CCOC(=O)Nc1ccc(Nc2ccc(C)c(Cl)c2)nn1. The Kier molecular flexibility index (Phi) is 4.94. The second-order valence-electron chi connectivity index (χ2n) is 4.24. The van der Waals surface area contributed by atoms with E-state index >= 15 is 0 Å².